The number of benzene rings is 1. The molecule has 0 bridgehead atoms. The Morgan fingerprint density at radius 3 is 2.65 bits per heavy atom. The van der Waals surface area contributed by atoms with E-state index in [9.17, 15) is 4.39 Å². The van der Waals surface area contributed by atoms with Crippen LogP contribution in [-0.2, 0) is 6.54 Å². The monoisotopic (exact) mass is 237 g/mol. The Morgan fingerprint density at radius 2 is 2.12 bits per heavy atom. The SMILES string of the molecule is C=CCOc1ccc(CNC(C)(C)C)cc1F. The van der Waals surface area contributed by atoms with Gasteiger partial charge in [0.25, 0.3) is 0 Å². The Morgan fingerprint density at radius 1 is 1.41 bits per heavy atom. The van der Waals surface area contributed by atoms with E-state index in [4.69, 9.17) is 4.74 Å². The minimum Gasteiger partial charge on any atom is -0.486 e. The highest BCUT2D eigenvalue weighted by atomic mass is 19.1. The molecule has 1 aromatic rings. The van der Waals surface area contributed by atoms with E-state index >= 15 is 0 Å². The molecule has 2 nitrogen and oxygen atoms in total. The molecule has 0 aliphatic carbocycles. The summed E-state index contributed by atoms with van der Waals surface area (Å²) in [6, 6.07) is 5.01. The average molecular weight is 237 g/mol. The first kappa shape index (κ1) is 13.7. The Balaban J connectivity index is 2.65. The van der Waals surface area contributed by atoms with E-state index < -0.39 is 0 Å². The van der Waals surface area contributed by atoms with Gasteiger partial charge in [0.15, 0.2) is 11.6 Å². The molecule has 0 aliphatic rings. The van der Waals surface area contributed by atoms with Crippen molar-refractivity contribution in [1.29, 1.82) is 0 Å². The molecule has 0 aromatic heterocycles. The van der Waals surface area contributed by atoms with Crippen LogP contribution in [0.2, 0.25) is 0 Å². The molecule has 0 amide bonds. The second kappa shape index (κ2) is 5.82. The van der Waals surface area contributed by atoms with Crippen molar-refractivity contribution in [2.24, 2.45) is 0 Å². The lowest BCUT2D eigenvalue weighted by molar-refractivity contribution is 0.341. The van der Waals surface area contributed by atoms with Gasteiger partial charge in [0.1, 0.15) is 6.61 Å². The van der Waals surface area contributed by atoms with Crippen LogP contribution < -0.4 is 10.1 Å². The third kappa shape index (κ3) is 5.00. The van der Waals surface area contributed by atoms with Gasteiger partial charge in [-0.05, 0) is 38.5 Å². The zero-order valence-electron chi connectivity index (χ0n) is 10.7. The molecule has 0 saturated carbocycles. The van der Waals surface area contributed by atoms with Crippen LogP contribution >= 0.6 is 0 Å². The first-order valence-corrected chi connectivity index (χ1v) is 5.69. The van der Waals surface area contributed by atoms with Crippen molar-refractivity contribution in [3.63, 3.8) is 0 Å². The highest BCUT2D eigenvalue weighted by Gasteiger charge is 2.09. The van der Waals surface area contributed by atoms with Gasteiger partial charge in [0.2, 0.25) is 0 Å². The van der Waals surface area contributed by atoms with E-state index in [0.717, 1.165) is 5.56 Å². The molecule has 94 valence electrons. The number of halogens is 1. The molecule has 1 N–H and O–H groups in total. The summed E-state index contributed by atoms with van der Waals surface area (Å²) >= 11 is 0. The zero-order valence-corrected chi connectivity index (χ0v) is 10.7. The fourth-order valence-corrected chi connectivity index (χ4v) is 1.29. The normalized spacial score (nSPS) is 11.3. The molecule has 0 fully saturated rings. The average Bonchev–Trinajstić information content (AvgIpc) is 2.24. The quantitative estimate of drug-likeness (QED) is 0.793. The maximum Gasteiger partial charge on any atom is 0.165 e. The molecule has 1 rings (SSSR count). The molecule has 1 aromatic carbocycles. The third-order valence-corrected chi connectivity index (χ3v) is 2.18. The van der Waals surface area contributed by atoms with Gasteiger partial charge in [-0.1, -0.05) is 18.7 Å². The summed E-state index contributed by atoms with van der Waals surface area (Å²) in [6.07, 6.45) is 1.59. The van der Waals surface area contributed by atoms with Crippen molar-refractivity contribution in [2.75, 3.05) is 6.61 Å². The number of rotatable bonds is 5. The molecule has 0 heterocycles. The van der Waals surface area contributed by atoms with Crippen LogP contribution in [0.4, 0.5) is 4.39 Å². The summed E-state index contributed by atoms with van der Waals surface area (Å²) in [6.45, 7) is 10.7. The van der Waals surface area contributed by atoms with Crippen molar-refractivity contribution in [3.05, 3.63) is 42.2 Å². The fraction of sp³-hybridized carbons (Fsp3) is 0.429. The van der Waals surface area contributed by atoms with Crippen LogP contribution in [0.3, 0.4) is 0 Å². The zero-order chi connectivity index (χ0) is 12.9. The molecule has 17 heavy (non-hydrogen) atoms. The highest BCUT2D eigenvalue weighted by Crippen LogP contribution is 2.18. The topological polar surface area (TPSA) is 21.3 Å². The van der Waals surface area contributed by atoms with E-state index in [1.807, 2.05) is 6.07 Å². The smallest absolute Gasteiger partial charge is 0.165 e. The molecule has 0 spiro atoms. The van der Waals surface area contributed by atoms with E-state index in [0.29, 0.717) is 13.2 Å². The second-order valence-electron chi connectivity index (χ2n) is 4.97. The minimum atomic E-state index is -0.333. The standard InChI is InChI=1S/C14H20FNO/c1-5-8-17-13-7-6-11(9-12(13)15)10-16-14(2,3)4/h5-7,9,16H,1,8,10H2,2-4H3. The molecule has 0 unspecified atom stereocenters. The van der Waals surface area contributed by atoms with Crippen LogP contribution in [-0.4, -0.2) is 12.1 Å². The van der Waals surface area contributed by atoms with Crippen molar-refractivity contribution in [1.82, 2.24) is 5.32 Å². The van der Waals surface area contributed by atoms with Crippen LogP contribution in [0.15, 0.2) is 30.9 Å². The molecule has 0 radical (unpaired) electrons. The lowest BCUT2D eigenvalue weighted by Gasteiger charge is -2.20. The number of hydrogen-bond donors (Lipinski definition) is 1. The van der Waals surface area contributed by atoms with Gasteiger partial charge in [-0.25, -0.2) is 4.39 Å². The Labute approximate surface area is 102 Å². The molecular formula is C14H20FNO. The van der Waals surface area contributed by atoms with Gasteiger partial charge in [0.05, 0.1) is 0 Å². The van der Waals surface area contributed by atoms with Gasteiger partial charge in [-0.3, -0.25) is 0 Å². The van der Waals surface area contributed by atoms with Gasteiger partial charge >= 0.3 is 0 Å². The van der Waals surface area contributed by atoms with Crippen LogP contribution in [0.25, 0.3) is 0 Å². The molecule has 0 aliphatic heterocycles. The lowest BCUT2D eigenvalue weighted by atomic mass is 10.1. The molecular weight excluding hydrogens is 217 g/mol. The van der Waals surface area contributed by atoms with Crippen molar-refractivity contribution in [2.45, 2.75) is 32.9 Å². The maximum atomic E-state index is 13.6. The maximum absolute atomic E-state index is 13.6. The van der Waals surface area contributed by atoms with Crippen molar-refractivity contribution < 1.29 is 9.13 Å². The Bertz CT molecular complexity index is 382. The fourth-order valence-electron chi connectivity index (χ4n) is 1.29. The van der Waals surface area contributed by atoms with E-state index in [1.54, 1.807) is 12.1 Å². The summed E-state index contributed by atoms with van der Waals surface area (Å²) in [5.41, 5.74) is 0.928. The number of nitrogens with one attached hydrogen (secondary N) is 1. The predicted octanol–water partition coefficient (Wildman–Crippen LogP) is 3.28. The predicted molar refractivity (Wildman–Crippen MR) is 68.7 cm³/mol. The summed E-state index contributed by atoms with van der Waals surface area (Å²) in [5, 5.41) is 3.30. The lowest BCUT2D eigenvalue weighted by Crippen LogP contribution is -2.35. The van der Waals surface area contributed by atoms with Gasteiger partial charge in [-0.2, -0.15) is 0 Å². The summed E-state index contributed by atoms with van der Waals surface area (Å²) in [5.74, 6) is -0.0653. The summed E-state index contributed by atoms with van der Waals surface area (Å²) in [4.78, 5) is 0. The summed E-state index contributed by atoms with van der Waals surface area (Å²) in [7, 11) is 0. The van der Waals surface area contributed by atoms with Crippen LogP contribution in [0.1, 0.15) is 26.3 Å². The van der Waals surface area contributed by atoms with Crippen LogP contribution in [0, 0.1) is 5.82 Å². The van der Waals surface area contributed by atoms with Gasteiger partial charge in [-0.15, -0.1) is 0 Å². The minimum absolute atomic E-state index is 0.0223. The Hall–Kier alpha value is -1.35. The van der Waals surface area contributed by atoms with E-state index in [1.165, 1.54) is 6.07 Å². The first-order chi connectivity index (χ1) is 7.92. The van der Waals surface area contributed by atoms with Gasteiger partial charge in [0, 0.05) is 12.1 Å². The first-order valence-electron chi connectivity index (χ1n) is 5.69. The number of ether oxygens (including phenoxy) is 1. The molecule has 3 heteroatoms. The second-order valence-corrected chi connectivity index (χ2v) is 4.97. The number of hydrogen-bond acceptors (Lipinski definition) is 2. The molecule has 0 atom stereocenters. The largest absolute Gasteiger partial charge is 0.486 e. The summed E-state index contributed by atoms with van der Waals surface area (Å²) < 4.78 is 18.8. The van der Waals surface area contributed by atoms with E-state index in [-0.39, 0.29) is 17.1 Å². The Kier molecular flexibility index (Phi) is 4.70. The van der Waals surface area contributed by atoms with Crippen molar-refractivity contribution in [3.8, 4) is 5.75 Å². The third-order valence-electron chi connectivity index (χ3n) is 2.18. The molecule has 0 saturated heterocycles. The van der Waals surface area contributed by atoms with Gasteiger partial charge < -0.3 is 10.1 Å². The van der Waals surface area contributed by atoms with Crippen molar-refractivity contribution >= 4 is 0 Å². The highest BCUT2D eigenvalue weighted by molar-refractivity contribution is 5.29. The van der Waals surface area contributed by atoms with E-state index in [2.05, 4.69) is 32.7 Å². The van der Waals surface area contributed by atoms with Crippen LogP contribution in [0.5, 0.6) is 5.75 Å².